The van der Waals surface area contributed by atoms with Crippen molar-refractivity contribution in [3.8, 4) is 45.4 Å². The summed E-state index contributed by atoms with van der Waals surface area (Å²) in [5, 5.41) is 41.2. The highest BCUT2D eigenvalue weighted by molar-refractivity contribution is 6.04. The van der Waals surface area contributed by atoms with Crippen LogP contribution < -0.4 is 10.3 Å². The normalized spacial score (nSPS) is 11.3. The molecule has 0 aromatic heterocycles. The zero-order valence-corrected chi connectivity index (χ0v) is 16.5. The van der Waals surface area contributed by atoms with E-state index < -0.39 is 11.2 Å². The molecule has 0 atom stereocenters. The second-order valence-corrected chi connectivity index (χ2v) is 7.00. The molecule has 0 saturated heterocycles. The van der Waals surface area contributed by atoms with Crippen molar-refractivity contribution in [2.24, 2.45) is 0 Å². The van der Waals surface area contributed by atoms with Crippen LogP contribution in [0, 0.1) is 0 Å². The molecular formula is C23H21NO6. The molecule has 1 heterocycles. The molecule has 0 spiro atoms. The lowest BCUT2D eigenvalue weighted by atomic mass is 9.92. The number of aromatic hydroxyl groups is 4. The van der Waals surface area contributed by atoms with Crippen molar-refractivity contribution < 1.29 is 24.8 Å². The third-order valence-electron chi connectivity index (χ3n) is 5.28. The molecule has 4 N–H and O–H groups in total. The zero-order chi connectivity index (χ0) is 21.6. The Hall–Kier alpha value is -3.87. The third kappa shape index (κ3) is 3.04. The summed E-state index contributed by atoms with van der Waals surface area (Å²) in [7, 11) is 0. The molecular weight excluding hydrogens is 386 g/mol. The molecule has 0 amide bonds. The van der Waals surface area contributed by atoms with Gasteiger partial charge < -0.3 is 29.7 Å². The molecule has 7 heteroatoms. The quantitative estimate of drug-likeness (QED) is 0.296. The number of hydrogen-bond acceptors (Lipinski definition) is 7. The van der Waals surface area contributed by atoms with E-state index >= 15 is 0 Å². The number of phenols is 4. The van der Waals surface area contributed by atoms with Gasteiger partial charge in [0, 0.05) is 59.1 Å². The van der Waals surface area contributed by atoms with Crippen LogP contribution in [0.1, 0.15) is 13.8 Å². The molecule has 1 aliphatic carbocycles. The second-order valence-electron chi connectivity index (χ2n) is 7.00. The van der Waals surface area contributed by atoms with E-state index in [1.807, 2.05) is 19.9 Å². The highest BCUT2D eigenvalue weighted by Crippen LogP contribution is 2.46. The SMILES string of the molecule is CCN(CC)c1ccc(-c2c3cc(O)c(=O)cc-3oc3cc(O)c(O)cc23)c(O)c1. The van der Waals surface area contributed by atoms with Crippen molar-refractivity contribution in [3.05, 3.63) is 52.7 Å². The molecule has 154 valence electrons. The fourth-order valence-corrected chi connectivity index (χ4v) is 3.74. The average Bonchev–Trinajstić information content (AvgIpc) is 2.71. The number of rotatable bonds is 4. The number of phenolic OH excluding ortho intramolecular Hbond substituents is 4. The van der Waals surface area contributed by atoms with Crippen LogP contribution in [0.15, 0.2) is 51.7 Å². The van der Waals surface area contributed by atoms with Crippen LogP contribution in [0.5, 0.6) is 23.0 Å². The number of nitrogens with zero attached hydrogens (tertiary/aromatic N) is 1. The van der Waals surface area contributed by atoms with Crippen LogP contribution in [0.4, 0.5) is 5.69 Å². The summed E-state index contributed by atoms with van der Waals surface area (Å²) in [5.41, 5.74) is 1.72. The van der Waals surface area contributed by atoms with Crippen LogP contribution >= 0.6 is 0 Å². The Morgan fingerprint density at radius 3 is 2.17 bits per heavy atom. The van der Waals surface area contributed by atoms with Gasteiger partial charge in [-0.2, -0.15) is 0 Å². The summed E-state index contributed by atoms with van der Waals surface area (Å²) in [6, 6.07) is 10.2. The summed E-state index contributed by atoms with van der Waals surface area (Å²) in [6.07, 6.45) is 0. The Morgan fingerprint density at radius 2 is 1.50 bits per heavy atom. The average molecular weight is 407 g/mol. The molecule has 2 aromatic rings. The molecule has 4 rings (SSSR count). The molecule has 0 unspecified atom stereocenters. The summed E-state index contributed by atoms with van der Waals surface area (Å²) >= 11 is 0. The van der Waals surface area contributed by atoms with Crippen molar-refractivity contribution in [1.82, 2.24) is 0 Å². The van der Waals surface area contributed by atoms with E-state index in [4.69, 9.17) is 4.42 Å². The van der Waals surface area contributed by atoms with Gasteiger partial charge in [-0.15, -0.1) is 0 Å². The van der Waals surface area contributed by atoms with E-state index in [1.54, 1.807) is 12.1 Å². The minimum atomic E-state index is -0.611. The monoisotopic (exact) mass is 407 g/mol. The van der Waals surface area contributed by atoms with Gasteiger partial charge >= 0.3 is 0 Å². The van der Waals surface area contributed by atoms with Crippen molar-refractivity contribution in [2.75, 3.05) is 18.0 Å². The van der Waals surface area contributed by atoms with Crippen molar-refractivity contribution >= 4 is 16.7 Å². The topological polar surface area (TPSA) is 114 Å². The predicted molar refractivity (Wildman–Crippen MR) is 115 cm³/mol. The molecule has 30 heavy (non-hydrogen) atoms. The number of benzene rings is 3. The van der Waals surface area contributed by atoms with Gasteiger partial charge in [-0.25, -0.2) is 0 Å². The van der Waals surface area contributed by atoms with Gasteiger partial charge in [0.15, 0.2) is 17.2 Å². The summed E-state index contributed by atoms with van der Waals surface area (Å²) in [4.78, 5) is 14.0. The maximum atomic E-state index is 11.9. The first-order chi connectivity index (χ1) is 14.3. The lowest BCUT2D eigenvalue weighted by Crippen LogP contribution is -2.21. The van der Waals surface area contributed by atoms with Crippen molar-refractivity contribution in [2.45, 2.75) is 13.8 Å². The Balaban J connectivity index is 2.09. The number of anilines is 1. The summed E-state index contributed by atoms with van der Waals surface area (Å²) in [5.74, 6) is -1.02. The van der Waals surface area contributed by atoms with Gasteiger partial charge in [-0.1, -0.05) is 0 Å². The van der Waals surface area contributed by atoms with Crippen LogP contribution in [-0.2, 0) is 0 Å². The van der Waals surface area contributed by atoms with Crippen LogP contribution in [0.25, 0.3) is 33.4 Å². The predicted octanol–water partition coefficient (Wildman–Crippen LogP) is 4.23. The van der Waals surface area contributed by atoms with E-state index in [0.29, 0.717) is 22.1 Å². The van der Waals surface area contributed by atoms with Crippen LogP contribution in [0.2, 0.25) is 0 Å². The van der Waals surface area contributed by atoms with Gasteiger partial charge in [-0.3, -0.25) is 4.79 Å². The van der Waals surface area contributed by atoms with Gasteiger partial charge in [0.05, 0.1) is 0 Å². The number of fused-ring (bicyclic) bond motifs is 2. The maximum Gasteiger partial charge on any atom is 0.223 e. The highest BCUT2D eigenvalue weighted by atomic mass is 16.3. The largest absolute Gasteiger partial charge is 0.507 e. The first kappa shape index (κ1) is 19.4. The van der Waals surface area contributed by atoms with Gasteiger partial charge in [-0.05, 0) is 38.1 Å². The molecule has 0 fully saturated rings. The van der Waals surface area contributed by atoms with Gasteiger partial charge in [0.1, 0.15) is 17.1 Å². The second kappa shape index (κ2) is 7.18. The van der Waals surface area contributed by atoms with E-state index in [-0.39, 0.29) is 28.6 Å². The third-order valence-corrected chi connectivity index (χ3v) is 5.28. The summed E-state index contributed by atoms with van der Waals surface area (Å²) in [6.45, 7) is 5.59. The van der Waals surface area contributed by atoms with Crippen molar-refractivity contribution in [1.29, 1.82) is 0 Å². The van der Waals surface area contributed by atoms with Crippen LogP contribution in [-0.4, -0.2) is 33.5 Å². The lowest BCUT2D eigenvalue weighted by Gasteiger charge is -2.22. The van der Waals surface area contributed by atoms with E-state index in [9.17, 15) is 25.2 Å². The van der Waals surface area contributed by atoms with Gasteiger partial charge in [0.2, 0.25) is 5.43 Å². The molecule has 0 radical (unpaired) electrons. The molecule has 2 aromatic carbocycles. The Morgan fingerprint density at radius 1 is 0.800 bits per heavy atom. The standard InChI is InChI=1S/C23H21NO6/c1-3-24(4-2)12-5-6-13(16(25)7-12)23-14-8-17(26)19(28)10-21(14)30-22-11-20(29)18(27)9-15(22)23/h5-11,25-28H,3-4H2,1-2H3. The smallest absolute Gasteiger partial charge is 0.223 e. The Bertz CT molecular complexity index is 1290. The van der Waals surface area contributed by atoms with E-state index in [1.165, 1.54) is 18.2 Å². The van der Waals surface area contributed by atoms with E-state index in [2.05, 4.69) is 4.90 Å². The summed E-state index contributed by atoms with van der Waals surface area (Å²) < 4.78 is 5.74. The molecule has 0 bridgehead atoms. The maximum absolute atomic E-state index is 11.9. The highest BCUT2D eigenvalue weighted by Gasteiger charge is 2.22. The van der Waals surface area contributed by atoms with E-state index in [0.717, 1.165) is 24.8 Å². The first-order valence-corrected chi connectivity index (χ1v) is 9.57. The molecule has 1 aliphatic heterocycles. The zero-order valence-electron chi connectivity index (χ0n) is 16.5. The first-order valence-electron chi connectivity index (χ1n) is 9.57. The van der Waals surface area contributed by atoms with Gasteiger partial charge in [0.25, 0.3) is 0 Å². The minimum absolute atomic E-state index is 0.00791. The lowest BCUT2D eigenvalue weighted by molar-refractivity contribution is 0.404. The molecule has 0 saturated carbocycles. The minimum Gasteiger partial charge on any atom is -0.507 e. The number of hydrogen-bond donors (Lipinski definition) is 4. The van der Waals surface area contributed by atoms with Crippen molar-refractivity contribution in [3.63, 3.8) is 0 Å². The Kier molecular flexibility index (Phi) is 4.66. The Labute approximate surface area is 172 Å². The molecule has 7 nitrogen and oxygen atoms in total. The fraction of sp³-hybridized carbons (Fsp3) is 0.174. The molecule has 2 aliphatic rings. The van der Waals surface area contributed by atoms with Crippen LogP contribution in [0.3, 0.4) is 0 Å². The fourth-order valence-electron chi connectivity index (χ4n) is 3.74.